The summed E-state index contributed by atoms with van der Waals surface area (Å²) in [6.07, 6.45) is -0.732. The Labute approximate surface area is 107 Å². The van der Waals surface area contributed by atoms with E-state index in [-0.39, 0.29) is 5.78 Å². The molecule has 0 amide bonds. The molecule has 98 valence electrons. The van der Waals surface area contributed by atoms with E-state index in [2.05, 4.69) is 0 Å². The van der Waals surface area contributed by atoms with Gasteiger partial charge >= 0.3 is 5.97 Å². The normalized spacial score (nSPS) is 11.8. The van der Waals surface area contributed by atoms with E-state index in [1.807, 2.05) is 13.0 Å². The smallest absolute Gasteiger partial charge is 0.347 e. The second-order valence-corrected chi connectivity index (χ2v) is 4.07. The lowest BCUT2D eigenvalue weighted by Crippen LogP contribution is -2.26. The molecule has 0 heterocycles. The molecule has 0 aliphatic carbocycles. The Morgan fingerprint density at radius 3 is 2.56 bits per heavy atom. The summed E-state index contributed by atoms with van der Waals surface area (Å²) in [4.78, 5) is 22.9. The average molecular weight is 250 g/mol. The van der Waals surface area contributed by atoms with Crippen molar-refractivity contribution in [1.82, 2.24) is 0 Å². The van der Waals surface area contributed by atoms with E-state index in [4.69, 9.17) is 9.47 Å². The van der Waals surface area contributed by atoms with Crippen molar-refractivity contribution in [2.24, 2.45) is 0 Å². The van der Waals surface area contributed by atoms with Crippen molar-refractivity contribution in [3.8, 4) is 5.75 Å². The summed E-state index contributed by atoms with van der Waals surface area (Å²) in [6, 6.07) is 5.27. The van der Waals surface area contributed by atoms with Crippen LogP contribution in [0.25, 0.3) is 0 Å². The molecule has 0 aromatic heterocycles. The highest BCUT2D eigenvalue weighted by atomic mass is 16.6. The minimum Gasteiger partial charge on any atom is -0.478 e. The Morgan fingerprint density at radius 2 is 2.00 bits per heavy atom. The summed E-state index contributed by atoms with van der Waals surface area (Å²) in [6.45, 7) is 7.00. The van der Waals surface area contributed by atoms with E-state index in [1.54, 1.807) is 26.0 Å². The lowest BCUT2D eigenvalue weighted by atomic mass is 10.1. The number of rotatable bonds is 5. The van der Waals surface area contributed by atoms with Crippen molar-refractivity contribution in [1.29, 1.82) is 0 Å². The van der Waals surface area contributed by atoms with Crippen molar-refractivity contribution < 1.29 is 19.1 Å². The molecule has 0 spiro atoms. The van der Waals surface area contributed by atoms with E-state index in [0.717, 1.165) is 5.56 Å². The van der Waals surface area contributed by atoms with Crippen LogP contribution in [-0.4, -0.2) is 24.5 Å². The van der Waals surface area contributed by atoms with Gasteiger partial charge in [-0.2, -0.15) is 0 Å². The van der Waals surface area contributed by atoms with Crippen LogP contribution in [-0.2, 0) is 9.53 Å². The van der Waals surface area contributed by atoms with Gasteiger partial charge in [0.15, 0.2) is 11.9 Å². The summed E-state index contributed by atoms with van der Waals surface area (Å²) in [5.41, 5.74) is 1.43. The zero-order chi connectivity index (χ0) is 13.7. The first-order valence-corrected chi connectivity index (χ1v) is 5.90. The number of carbonyl (C=O) groups excluding carboxylic acids is 2. The third-order valence-corrected chi connectivity index (χ3v) is 2.44. The van der Waals surface area contributed by atoms with Crippen LogP contribution in [0.2, 0.25) is 0 Å². The highest BCUT2D eigenvalue weighted by Gasteiger charge is 2.18. The van der Waals surface area contributed by atoms with Crippen LogP contribution in [0.4, 0.5) is 0 Å². The van der Waals surface area contributed by atoms with Crippen LogP contribution >= 0.6 is 0 Å². The zero-order valence-electron chi connectivity index (χ0n) is 11.1. The predicted molar refractivity (Wildman–Crippen MR) is 67.9 cm³/mol. The predicted octanol–water partition coefficient (Wildman–Crippen LogP) is 2.53. The topological polar surface area (TPSA) is 52.6 Å². The second kappa shape index (κ2) is 6.19. The molecule has 0 saturated carbocycles. The summed E-state index contributed by atoms with van der Waals surface area (Å²) in [7, 11) is 0. The quantitative estimate of drug-likeness (QED) is 0.595. The molecule has 0 radical (unpaired) electrons. The van der Waals surface area contributed by atoms with Gasteiger partial charge in [0, 0.05) is 0 Å². The molecular weight excluding hydrogens is 232 g/mol. The first-order chi connectivity index (χ1) is 8.45. The molecule has 0 saturated heterocycles. The number of benzene rings is 1. The lowest BCUT2D eigenvalue weighted by Gasteiger charge is -2.15. The first kappa shape index (κ1) is 14.2. The summed E-state index contributed by atoms with van der Waals surface area (Å²) in [5.74, 6) is -0.113. The molecule has 1 aromatic rings. The first-order valence-electron chi connectivity index (χ1n) is 5.90. The van der Waals surface area contributed by atoms with E-state index in [9.17, 15) is 9.59 Å². The number of carbonyl (C=O) groups is 2. The van der Waals surface area contributed by atoms with Crippen molar-refractivity contribution in [3.63, 3.8) is 0 Å². The van der Waals surface area contributed by atoms with Gasteiger partial charge in [-0.25, -0.2) is 4.79 Å². The molecule has 1 unspecified atom stereocenters. The van der Waals surface area contributed by atoms with Gasteiger partial charge in [0.2, 0.25) is 0 Å². The fourth-order valence-corrected chi connectivity index (χ4v) is 1.52. The molecule has 4 nitrogen and oxygen atoms in total. The number of esters is 1. The van der Waals surface area contributed by atoms with Crippen molar-refractivity contribution >= 4 is 11.8 Å². The van der Waals surface area contributed by atoms with E-state index in [0.29, 0.717) is 17.9 Å². The van der Waals surface area contributed by atoms with Crippen LogP contribution in [0, 0.1) is 6.92 Å². The molecule has 0 bridgehead atoms. The number of hydrogen-bond donors (Lipinski definition) is 0. The van der Waals surface area contributed by atoms with Crippen LogP contribution < -0.4 is 4.74 Å². The number of ketones is 1. The number of hydrogen-bond acceptors (Lipinski definition) is 4. The van der Waals surface area contributed by atoms with E-state index < -0.39 is 12.1 Å². The van der Waals surface area contributed by atoms with Crippen LogP contribution in [0.15, 0.2) is 18.2 Å². The molecule has 1 atom stereocenters. The van der Waals surface area contributed by atoms with Gasteiger partial charge in [0.25, 0.3) is 0 Å². The number of aryl methyl sites for hydroxylation is 1. The van der Waals surface area contributed by atoms with E-state index in [1.165, 1.54) is 6.92 Å². The van der Waals surface area contributed by atoms with Gasteiger partial charge in [0.05, 0.1) is 12.2 Å². The molecule has 0 fully saturated rings. The largest absolute Gasteiger partial charge is 0.478 e. The Morgan fingerprint density at radius 1 is 1.33 bits per heavy atom. The SMILES string of the molecule is CCOC(=O)C(C)Oc1cc(C)ccc1C(C)=O. The molecule has 18 heavy (non-hydrogen) atoms. The van der Waals surface area contributed by atoms with Gasteiger partial charge in [-0.15, -0.1) is 0 Å². The van der Waals surface area contributed by atoms with Crippen molar-refractivity contribution in [3.05, 3.63) is 29.3 Å². The molecule has 4 heteroatoms. The monoisotopic (exact) mass is 250 g/mol. The lowest BCUT2D eigenvalue weighted by molar-refractivity contribution is -0.150. The van der Waals surface area contributed by atoms with Crippen LogP contribution in [0.3, 0.4) is 0 Å². The highest BCUT2D eigenvalue weighted by molar-refractivity contribution is 5.97. The van der Waals surface area contributed by atoms with Crippen molar-refractivity contribution in [2.45, 2.75) is 33.8 Å². The second-order valence-electron chi connectivity index (χ2n) is 4.07. The minimum absolute atomic E-state index is 0.0962. The van der Waals surface area contributed by atoms with Gasteiger partial charge in [-0.05, 0) is 45.4 Å². The Kier molecular flexibility index (Phi) is 4.89. The zero-order valence-corrected chi connectivity index (χ0v) is 11.1. The number of Topliss-reactive ketones (excluding diaryl/α,β-unsaturated/α-hetero) is 1. The summed E-state index contributed by atoms with van der Waals surface area (Å²) in [5, 5.41) is 0. The minimum atomic E-state index is -0.732. The number of ether oxygens (including phenoxy) is 2. The van der Waals surface area contributed by atoms with Gasteiger partial charge in [-0.3, -0.25) is 4.79 Å². The molecule has 1 rings (SSSR count). The Bertz CT molecular complexity index is 451. The Hall–Kier alpha value is -1.84. The Balaban J connectivity index is 2.92. The van der Waals surface area contributed by atoms with Gasteiger partial charge in [-0.1, -0.05) is 6.07 Å². The molecule has 0 aliphatic heterocycles. The molecule has 0 aliphatic rings. The molecule has 0 N–H and O–H groups in total. The standard InChI is InChI=1S/C14H18O4/c1-5-17-14(16)11(4)18-13-8-9(2)6-7-12(13)10(3)15/h6-8,11H,5H2,1-4H3. The van der Waals surface area contributed by atoms with Gasteiger partial charge in [0.1, 0.15) is 5.75 Å². The van der Waals surface area contributed by atoms with Gasteiger partial charge < -0.3 is 9.47 Å². The fourth-order valence-electron chi connectivity index (χ4n) is 1.52. The average Bonchev–Trinajstić information content (AvgIpc) is 2.28. The van der Waals surface area contributed by atoms with Crippen LogP contribution in [0.5, 0.6) is 5.75 Å². The van der Waals surface area contributed by atoms with Crippen LogP contribution in [0.1, 0.15) is 36.7 Å². The third-order valence-electron chi connectivity index (χ3n) is 2.44. The maximum Gasteiger partial charge on any atom is 0.347 e. The fraction of sp³-hybridized carbons (Fsp3) is 0.429. The molecular formula is C14H18O4. The van der Waals surface area contributed by atoms with Crippen molar-refractivity contribution in [2.75, 3.05) is 6.61 Å². The summed E-state index contributed by atoms with van der Waals surface area (Å²) < 4.78 is 10.4. The van der Waals surface area contributed by atoms with E-state index >= 15 is 0 Å². The molecule has 1 aromatic carbocycles. The summed E-state index contributed by atoms with van der Waals surface area (Å²) >= 11 is 0. The third kappa shape index (κ3) is 3.58. The maximum absolute atomic E-state index is 11.5. The maximum atomic E-state index is 11.5. The highest BCUT2D eigenvalue weighted by Crippen LogP contribution is 2.22.